The molecule has 22 heavy (non-hydrogen) atoms. The molecule has 0 saturated carbocycles. The lowest BCUT2D eigenvalue weighted by Crippen LogP contribution is -2.34. The number of amides is 1. The number of rotatable bonds is 2. The molecule has 1 aliphatic heterocycles. The molecule has 2 aromatic carbocycles. The third-order valence-corrected chi connectivity index (χ3v) is 4.35. The van der Waals surface area contributed by atoms with Gasteiger partial charge in [-0.3, -0.25) is 4.79 Å². The van der Waals surface area contributed by atoms with Crippen LogP contribution in [0.3, 0.4) is 0 Å². The second-order valence-corrected chi connectivity index (χ2v) is 6.21. The van der Waals surface area contributed by atoms with Crippen LogP contribution in [0.15, 0.2) is 46.9 Å². The van der Waals surface area contributed by atoms with Crippen molar-refractivity contribution in [3.63, 3.8) is 0 Å². The zero-order chi connectivity index (χ0) is 15.7. The number of carbonyl (C=O) groups excluding carboxylic acids is 1. The molecule has 5 heteroatoms. The smallest absolute Gasteiger partial charge is 0.261 e. The number of nitrogens with zero attached hydrogens (tertiary/aromatic N) is 1. The molecule has 0 bridgehead atoms. The van der Waals surface area contributed by atoms with E-state index in [2.05, 4.69) is 15.9 Å². The Kier molecular flexibility index (Phi) is 4.16. The average Bonchev–Trinajstić information content (AvgIpc) is 2.66. The molecule has 0 saturated heterocycles. The van der Waals surface area contributed by atoms with Crippen LogP contribution in [0.4, 0.5) is 4.39 Å². The summed E-state index contributed by atoms with van der Waals surface area (Å²) in [5.41, 5.74) is 1.85. The molecule has 1 amide bonds. The summed E-state index contributed by atoms with van der Waals surface area (Å²) in [5.74, 6) is 0.366. The molecule has 2 aromatic rings. The Balaban J connectivity index is 1.91. The number of halogens is 2. The Hall–Kier alpha value is -1.88. The van der Waals surface area contributed by atoms with Crippen LogP contribution < -0.4 is 4.74 Å². The minimum absolute atomic E-state index is 0.0141. The fraction of sp³-hybridized carbons (Fsp3) is 0.235. The highest BCUT2D eigenvalue weighted by Gasteiger charge is 2.26. The molecule has 0 aliphatic carbocycles. The van der Waals surface area contributed by atoms with Crippen molar-refractivity contribution in [1.82, 2.24) is 4.90 Å². The van der Waals surface area contributed by atoms with E-state index in [-0.39, 0.29) is 24.4 Å². The van der Waals surface area contributed by atoms with E-state index in [4.69, 9.17) is 4.74 Å². The van der Waals surface area contributed by atoms with Crippen LogP contribution in [0.1, 0.15) is 24.1 Å². The highest BCUT2D eigenvalue weighted by atomic mass is 79.9. The number of benzene rings is 2. The Labute approximate surface area is 136 Å². The predicted octanol–water partition coefficient (Wildman–Crippen LogP) is 4.07. The maximum Gasteiger partial charge on any atom is 0.261 e. The molecule has 3 nitrogen and oxygen atoms in total. The van der Waals surface area contributed by atoms with E-state index in [9.17, 15) is 9.18 Å². The van der Waals surface area contributed by atoms with Gasteiger partial charge >= 0.3 is 0 Å². The largest absolute Gasteiger partial charge is 0.483 e. The molecule has 0 N–H and O–H groups in total. The van der Waals surface area contributed by atoms with E-state index in [1.165, 1.54) is 12.1 Å². The summed E-state index contributed by atoms with van der Waals surface area (Å²) in [4.78, 5) is 14.1. The van der Waals surface area contributed by atoms with Gasteiger partial charge in [-0.25, -0.2) is 4.39 Å². The van der Waals surface area contributed by atoms with Gasteiger partial charge in [-0.1, -0.05) is 28.1 Å². The molecule has 0 aromatic heterocycles. The number of carbonyl (C=O) groups is 1. The normalized spacial score (nSPS) is 15.8. The highest BCUT2D eigenvalue weighted by Crippen LogP contribution is 2.31. The van der Waals surface area contributed by atoms with E-state index in [0.717, 1.165) is 21.3 Å². The molecule has 1 atom stereocenters. The van der Waals surface area contributed by atoms with Gasteiger partial charge in [0.1, 0.15) is 11.6 Å². The lowest BCUT2D eigenvalue weighted by Gasteiger charge is -2.28. The summed E-state index contributed by atoms with van der Waals surface area (Å²) >= 11 is 3.44. The minimum atomic E-state index is -0.282. The zero-order valence-electron chi connectivity index (χ0n) is 12.1. The molecule has 114 valence electrons. The third-order valence-electron chi connectivity index (χ3n) is 3.85. The first kappa shape index (κ1) is 15.0. The molecule has 1 heterocycles. The maximum atomic E-state index is 13.1. The molecule has 0 fully saturated rings. The van der Waals surface area contributed by atoms with Crippen molar-refractivity contribution in [2.45, 2.75) is 19.5 Å². The third kappa shape index (κ3) is 2.99. The Morgan fingerprint density at radius 1 is 1.23 bits per heavy atom. The first-order valence-electron chi connectivity index (χ1n) is 7.01. The van der Waals surface area contributed by atoms with E-state index < -0.39 is 0 Å². The minimum Gasteiger partial charge on any atom is -0.483 e. The lowest BCUT2D eigenvalue weighted by atomic mass is 10.1. The molecule has 3 rings (SSSR count). The van der Waals surface area contributed by atoms with Gasteiger partial charge in [0, 0.05) is 10.0 Å². The van der Waals surface area contributed by atoms with E-state index >= 15 is 0 Å². The van der Waals surface area contributed by atoms with Crippen LogP contribution in [0, 0.1) is 5.82 Å². The van der Waals surface area contributed by atoms with Crippen LogP contribution in [-0.2, 0) is 11.3 Å². The first-order valence-corrected chi connectivity index (χ1v) is 7.80. The lowest BCUT2D eigenvalue weighted by molar-refractivity contribution is -0.135. The maximum absolute atomic E-state index is 13.1. The van der Waals surface area contributed by atoms with E-state index in [1.54, 1.807) is 17.0 Å². The van der Waals surface area contributed by atoms with Crippen molar-refractivity contribution in [3.05, 3.63) is 63.9 Å². The fourth-order valence-corrected chi connectivity index (χ4v) is 2.99. The number of hydrogen-bond donors (Lipinski definition) is 0. The summed E-state index contributed by atoms with van der Waals surface area (Å²) in [6, 6.07) is 11.8. The van der Waals surface area contributed by atoms with Crippen LogP contribution in [-0.4, -0.2) is 17.4 Å². The second kappa shape index (κ2) is 6.08. The van der Waals surface area contributed by atoms with Gasteiger partial charge in [-0.15, -0.1) is 0 Å². The van der Waals surface area contributed by atoms with Gasteiger partial charge < -0.3 is 9.64 Å². The highest BCUT2D eigenvalue weighted by molar-refractivity contribution is 9.10. The number of ether oxygens (including phenoxy) is 1. The van der Waals surface area contributed by atoms with Crippen molar-refractivity contribution in [1.29, 1.82) is 0 Å². The van der Waals surface area contributed by atoms with Crippen molar-refractivity contribution >= 4 is 21.8 Å². The first-order chi connectivity index (χ1) is 10.5. The fourth-order valence-electron chi connectivity index (χ4n) is 2.58. The Morgan fingerprint density at radius 2 is 1.95 bits per heavy atom. The molecular weight excluding hydrogens is 349 g/mol. The van der Waals surface area contributed by atoms with Crippen molar-refractivity contribution < 1.29 is 13.9 Å². The van der Waals surface area contributed by atoms with Gasteiger partial charge in [0.25, 0.3) is 5.91 Å². The Bertz CT molecular complexity index is 702. The summed E-state index contributed by atoms with van der Waals surface area (Å²) in [6.07, 6.45) is 0. The van der Waals surface area contributed by atoms with Gasteiger partial charge in [0.15, 0.2) is 6.61 Å². The van der Waals surface area contributed by atoms with E-state index in [0.29, 0.717) is 6.54 Å². The topological polar surface area (TPSA) is 29.5 Å². The van der Waals surface area contributed by atoms with Crippen LogP contribution in [0.5, 0.6) is 5.75 Å². The molecule has 0 unspecified atom stereocenters. The second-order valence-electron chi connectivity index (χ2n) is 5.29. The van der Waals surface area contributed by atoms with Crippen LogP contribution in [0.25, 0.3) is 0 Å². The molecule has 1 aliphatic rings. The summed E-state index contributed by atoms with van der Waals surface area (Å²) in [5, 5.41) is 0. The van der Waals surface area contributed by atoms with Gasteiger partial charge in [0.2, 0.25) is 0 Å². The van der Waals surface area contributed by atoms with Crippen LogP contribution >= 0.6 is 15.9 Å². The summed E-state index contributed by atoms with van der Waals surface area (Å²) in [7, 11) is 0. The molecule has 0 radical (unpaired) electrons. The van der Waals surface area contributed by atoms with Crippen molar-refractivity contribution in [3.8, 4) is 5.75 Å². The standard InChI is InChI=1S/C17H15BrFNO2/c1-11(12-2-5-15(19)6-3-12)20-9-13-8-14(18)4-7-16(13)22-10-17(20)21/h2-8,11H,9-10H2,1H3/t11-/m0/s1. The molecule has 0 spiro atoms. The molecular formula is C17H15BrFNO2. The predicted molar refractivity (Wildman–Crippen MR) is 85.0 cm³/mol. The summed E-state index contributed by atoms with van der Waals surface area (Å²) < 4.78 is 19.6. The van der Waals surface area contributed by atoms with Gasteiger partial charge in [-0.05, 0) is 42.8 Å². The van der Waals surface area contributed by atoms with Crippen LogP contribution in [0.2, 0.25) is 0 Å². The quantitative estimate of drug-likeness (QED) is 0.804. The zero-order valence-corrected chi connectivity index (χ0v) is 13.6. The number of hydrogen-bond acceptors (Lipinski definition) is 2. The SMILES string of the molecule is C[C@@H](c1ccc(F)cc1)N1Cc2cc(Br)ccc2OCC1=O. The van der Waals surface area contributed by atoms with Gasteiger partial charge in [0.05, 0.1) is 12.6 Å². The Morgan fingerprint density at radius 3 is 2.68 bits per heavy atom. The average molecular weight is 364 g/mol. The summed E-state index contributed by atoms with van der Waals surface area (Å²) in [6.45, 7) is 2.42. The number of fused-ring (bicyclic) bond motifs is 1. The van der Waals surface area contributed by atoms with Gasteiger partial charge in [-0.2, -0.15) is 0 Å². The monoisotopic (exact) mass is 363 g/mol. The van der Waals surface area contributed by atoms with Crippen molar-refractivity contribution in [2.24, 2.45) is 0 Å². The van der Waals surface area contributed by atoms with Crippen molar-refractivity contribution in [2.75, 3.05) is 6.61 Å². The van der Waals surface area contributed by atoms with E-state index in [1.807, 2.05) is 25.1 Å².